The van der Waals surface area contributed by atoms with Crippen molar-refractivity contribution < 1.29 is 9.53 Å². The highest BCUT2D eigenvalue weighted by molar-refractivity contribution is 6.30. The quantitative estimate of drug-likeness (QED) is 0.829. The zero-order valence-corrected chi connectivity index (χ0v) is 11.4. The molecule has 0 saturated carbocycles. The second-order valence-corrected chi connectivity index (χ2v) is 4.84. The molecular weight excluding hydrogens is 252 g/mol. The largest absolute Gasteiger partial charge is 0.484 e. The standard InChI is InChI=1S/C13H19ClN2O2/c1-9(2)12(7-15)16-13(17)8-18-11-5-3-4-10(14)6-11/h3-6,9,12H,7-8,15H2,1-2H3,(H,16,17). The highest BCUT2D eigenvalue weighted by atomic mass is 35.5. The van der Waals surface area contributed by atoms with Crippen molar-refractivity contribution in [3.8, 4) is 5.75 Å². The molecule has 1 aromatic carbocycles. The van der Waals surface area contributed by atoms with Gasteiger partial charge in [-0.25, -0.2) is 0 Å². The summed E-state index contributed by atoms with van der Waals surface area (Å²) in [6.07, 6.45) is 0. The predicted molar refractivity (Wildman–Crippen MR) is 72.8 cm³/mol. The predicted octanol–water partition coefficient (Wildman–Crippen LogP) is 1.82. The number of rotatable bonds is 6. The first-order chi connectivity index (χ1) is 8.52. The summed E-state index contributed by atoms with van der Waals surface area (Å²) in [6, 6.07) is 6.91. The fourth-order valence-electron chi connectivity index (χ4n) is 1.45. The van der Waals surface area contributed by atoms with Crippen LogP contribution in [-0.4, -0.2) is 25.1 Å². The maximum atomic E-state index is 11.7. The average Bonchev–Trinajstić information content (AvgIpc) is 2.33. The highest BCUT2D eigenvalue weighted by Gasteiger charge is 2.14. The topological polar surface area (TPSA) is 64.3 Å². The Bertz CT molecular complexity index is 396. The van der Waals surface area contributed by atoms with Gasteiger partial charge in [0.2, 0.25) is 0 Å². The van der Waals surface area contributed by atoms with Crippen LogP contribution in [0.2, 0.25) is 5.02 Å². The van der Waals surface area contributed by atoms with E-state index in [1.165, 1.54) is 0 Å². The van der Waals surface area contributed by atoms with Crippen LogP contribution in [0.3, 0.4) is 0 Å². The molecule has 1 amide bonds. The Kier molecular flexibility index (Phi) is 5.95. The van der Waals surface area contributed by atoms with Gasteiger partial charge in [-0.15, -0.1) is 0 Å². The van der Waals surface area contributed by atoms with Crippen LogP contribution in [0.4, 0.5) is 0 Å². The van der Waals surface area contributed by atoms with Gasteiger partial charge in [-0.2, -0.15) is 0 Å². The Morgan fingerprint density at radius 2 is 2.22 bits per heavy atom. The number of benzene rings is 1. The van der Waals surface area contributed by atoms with Crippen molar-refractivity contribution in [2.24, 2.45) is 11.7 Å². The molecule has 0 spiro atoms. The summed E-state index contributed by atoms with van der Waals surface area (Å²) in [5, 5.41) is 3.41. The van der Waals surface area contributed by atoms with Crippen LogP contribution in [0, 0.1) is 5.92 Å². The van der Waals surface area contributed by atoms with Crippen molar-refractivity contribution in [3.05, 3.63) is 29.3 Å². The molecule has 0 bridgehead atoms. The third-order valence-corrected chi connectivity index (χ3v) is 2.81. The molecule has 1 aromatic rings. The number of ether oxygens (including phenoxy) is 1. The number of hydrogen-bond donors (Lipinski definition) is 2. The SMILES string of the molecule is CC(C)C(CN)NC(=O)COc1cccc(Cl)c1. The Labute approximate surface area is 112 Å². The van der Waals surface area contributed by atoms with Crippen molar-refractivity contribution in [1.29, 1.82) is 0 Å². The zero-order chi connectivity index (χ0) is 13.5. The summed E-state index contributed by atoms with van der Waals surface area (Å²) in [5.74, 6) is 0.691. The maximum absolute atomic E-state index is 11.7. The summed E-state index contributed by atoms with van der Waals surface area (Å²) in [7, 11) is 0. The molecule has 1 unspecified atom stereocenters. The van der Waals surface area contributed by atoms with Crippen LogP contribution in [0.5, 0.6) is 5.75 Å². The normalized spacial score (nSPS) is 12.3. The van der Waals surface area contributed by atoms with E-state index in [0.717, 1.165) is 0 Å². The van der Waals surface area contributed by atoms with Crippen molar-refractivity contribution >= 4 is 17.5 Å². The van der Waals surface area contributed by atoms with Gasteiger partial charge in [0.05, 0.1) is 0 Å². The maximum Gasteiger partial charge on any atom is 0.258 e. The number of carbonyl (C=O) groups excluding carboxylic acids is 1. The molecule has 0 radical (unpaired) electrons. The van der Waals surface area contributed by atoms with Crippen LogP contribution < -0.4 is 15.8 Å². The van der Waals surface area contributed by atoms with Gasteiger partial charge in [0.25, 0.3) is 5.91 Å². The van der Waals surface area contributed by atoms with E-state index in [-0.39, 0.29) is 18.6 Å². The lowest BCUT2D eigenvalue weighted by molar-refractivity contribution is -0.124. The number of hydrogen-bond acceptors (Lipinski definition) is 3. The Morgan fingerprint density at radius 3 is 2.78 bits per heavy atom. The molecule has 100 valence electrons. The molecular formula is C13H19ClN2O2. The first kappa shape index (κ1) is 14.8. The first-order valence-corrected chi connectivity index (χ1v) is 6.28. The molecule has 4 nitrogen and oxygen atoms in total. The van der Waals surface area contributed by atoms with E-state index >= 15 is 0 Å². The third-order valence-electron chi connectivity index (χ3n) is 2.57. The molecule has 5 heteroatoms. The Balaban J connectivity index is 2.41. The number of carbonyl (C=O) groups is 1. The van der Waals surface area contributed by atoms with E-state index in [2.05, 4.69) is 5.32 Å². The van der Waals surface area contributed by atoms with Gasteiger partial charge in [0.1, 0.15) is 5.75 Å². The minimum Gasteiger partial charge on any atom is -0.484 e. The van der Waals surface area contributed by atoms with Gasteiger partial charge < -0.3 is 15.8 Å². The van der Waals surface area contributed by atoms with Crippen molar-refractivity contribution in [2.75, 3.05) is 13.2 Å². The zero-order valence-electron chi connectivity index (χ0n) is 10.7. The fraction of sp³-hybridized carbons (Fsp3) is 0.462. The smallest absolute Gasteiger partial charge is 0.258 e. The van der Waals surface area contributed by atoms with Gasteiger partial charge in [-0.3, -0.25) is 4.79 Å². The molecule has 18 heavy (non-hydrogen) atoms. The summed E-state index contributed by atoms with van der Waals surface area (Å²) in [4.78, 5) is 11.7. The summed E-state index contributed by atoms with van der Waals surface area (Å²) < 4.78 is 5.34. The van der Waals surface area contributed by atoms with Gasteiger partial charge in [-0.1, -0.05) is 31.5 Å². The molecule has 0 heterocycles. The average molecular weight is 271 g/mol. The van der Waals surface area contributed by atoms with Gasteiger partial charge in [-0.05, 0) is 24.1 Å². The molecule has 0 aliphatic heterocycles. The van der Waals surface area contributed by atoms with E-state index in [0.29, 0.717) is 23.2 Å². The van der Waals surface area contributed by atoms with Gasteiger partial charge in [0, 0.05) is 17.6 Å². The second kappa shape index (κ2) is 7.24. The molecule has 0 aliphatic rings. The lowest BCUT2D eigenvalue weighted by Crippen LogP contribution is -2.45. The number of nitrogens with two attached hydrogens (primary N) is 1. The summed E-state index contributed by atoms with van der Waals surface area (Å²) in [5.41, 5.74) is 5.58. The molecule has 0 aromatic heterocycles. The van der Waals surface area contributed by atoms with Crippen LogP contribution in [0.15, 0.2) is 24.3 Å². The number of halogens is 1. The summed E-state index contributed by atoms with van der Waals surface area (Å²) in [6.45, 7) is 4.40. The monoisotopic (exact) mass is 270 g/mol. The van der Waals surface area contributed by atoms with Gasteiger partial charge >= 0.3 is 0 Å². The van der Waals surface area contributed by atoms with Crippen molar-refractivity contribution in [3.63, 3.8) is 0 Å². The molecule has 1 atom stereocenters. The van der Waals surface area contributed by atoms with E-state index in [9.17, 15) is 4.79 Å². The fourth-order valence-corrected chi connectivity index (χ4v) is 1.63. The minimum absolute atomic E-state index is 0.0274. The number of nitrogens with one attached hydrogen (secondary N) is 1. The van der Waals surface area contributed by atoms with E-state index in [1.54, 1.807) is 24.3 Å². The third kappa shape index (κ3) is 4.94. The van der Waals surface area contributed by atoms with E-state index in [1.807, 2.05) is 13.8 Å². The van der Waals surface area contributed by atoms with Crippen molar-refractivity contribution in [1.82, 2.24) is 5.32 Å². The Morgan fingerprint density at radius 1 is 1.50 bits per heavy atom. The van der Waals surface area contributed by atoms with E-state index in [4.69, 9.17) is 22.1 Å². The lowest BCUT2D eigenvalue weighted by Gasteiger charge is -2.20. The molecule has 0 saturated heterocycles. The Hall–Kier alpha value is -1.26. The minimum atomic E-state index is -0.181. The molecule has 0 fully saturated rings. The van der Waals surface area contributed by atoms with Crippen LogP contribution >= 0.6 is 11.6 Å². The van der Waals surface area contributed by atoms with Crippen LogP contribution in [-0.2, 0) is 4.79 Å². The van der Waals surface area contributed by atoms with Crippen LogP contribution in [0.25, 0.3) is 0 Å². The highest BCUT2D eigenvalue weighted by Crippen LogP contribution is 2.16. The summed E-state index contributed by atoms with van der Waals surface area (Å²) >= 11 is 5.81. The lowest BCUT2D eigenvalue weighted by atomic mass is 10.1. The van der Waals surface area contributed by atoms with Crippen LogP contribution in [0.1, 0.15) is 13.8 Å². The molecule has 3 N–H and O–H groups in total. The first-order valence-electron chi connectivity index (χ1n) is 5.90. The second-order valence-electron chi connectivity index (χ2n) is 4.40. The van der Waals surface area contributed by atoms with E-state index < -0.39 is 0 Å². The molecule has 1 rings (SSSR count). The van der Waals surface area contributed by atoms with Crippen molar-refractivity contribution in [2.45, 2.75) is 19.9 Å². The van der Waals surface area contributed by atoms with Gasteiger partial charge in [0.15, 0.2) is 6.61 Å². The molecule has 0 aliphatic carbocycles. The number of amides is 1.